The van der Waals surface area contributed by atoms with Crippen LogP contribution >= 0.6 is 0 Å². The lowest BCUT2D eigenvalue weighted by molar-refractivity contribution is 0.759. The molecule has 0 spiro atoms. The average molecular weight is 430 g/mol. The molecule has 0 amide bonds. The van der Waals surface area contributed by atoms with Crippen molar-refractivity contribution in [3.8, 4) is 28.3 Å². The third-order valence-electron chi connectivity index (χ3n) is 5.98. The summed E-state index contributed by atoms with van der Waals surface area (Å²) in [6, 6.07) is 29.9. The molecule has 0 radical (unpaired) electrons. The van der Waals surface area contributed by atoms with Crippen LogP contribution in [0.2, 0.25) is 0 Å². The zero-order valence-electron chi connectivity index (χ0n) is 17.8. The van der Waals surface area contributed by atoms with Gasteiger partial charge in [0.2, 0.25) is 0 Å². The second-order valence-electron chi connectivity index (χ2n) is 7.91. The molecule has 0 bridgehead atoms. The van der Waals surface area contributed by atoms with Gasteiger partial charge in [-0.25, -0.2) is 9.78 Å². The van der Waals surface area contributed by atoms with E-state index in [1.165, 1.54) is 7.05 Å². The molecule has 6 heteroatoms. The molecule has 2 heterocycles. The third kappa shape index (κ3) is 2.88. The lowest BCUT2D eigenvalue weighted by Crippen LogP contribution is -2.36. The number of aromatic nitrogens is 4. The van der Waals surface area contributed by atoms with E-state index in [1.54, 1.807) is 0 Å². The van der Waals surface area contributed by atoms with Crippen LogP contribution in [0.5, 0.6) is 0 Å². The minimum atomic E-state index is -0.609. The predicted molar refractivity (Wildman–Crippen MR) is 130 cm³/mol. The largest absolute Gasteiger partial charge is 0.352 e. The molecule has 0 aromatic heterocycles. The number of hydrogen-bond donors (Lipinski definition) is 0. The Morgan fingerprint density at radius 3 is 2.27 bits per heavy atom. The van der Waals surface area contributed by atoms with E-state index >= 15 is 0 Å². The first kappa shape index (κ1) is 19.1. The highest BCUT2D eigenvalue weighted by Gasteiger charge is 2.22. The second kappa shape index (κ2) is 7.24. The lowest BCUT2D eigenvalue weighted by Gasteiger charge is -2.20. The Balaban J connectivity index is 1.84. The van der Waals surface area contributed by atoms with Crippen LogP contribution in [-0.2, 0) is 7.05 Å². The van der Waals surface area contributed by atoms with Crippen molar-refractivity contribution < 1.29 is 0 Å². The quantitative estimate of drug-likeness (QED) is 0.382. The van der Waals surface area contributed by atoms with Gasteiger partial charge in [0.1, 0.15) is 0 Å². The number of benzene rings is 4. The highest BCUT2D eigenvalue weighted by atomic mass is 16.2. The maximum Gasteiger partial charge on any atom is 0.352 e. The first-order chi connectivity index (χ1) is 16.1. The molecule has 6 nitrogen and oxygen atoms in total. The molecule has 0 aliphatic carbocycles. The van der Waals surface area contributed by atoms with Crippen molar-refractivity contribution in [3.05, 3.63) is 112 Å². The van der Waals surface area contributed by atoms with Gasteiger partial charge in [-0.15, -0.1) is 0 Å². The summed E-state index contributed by atoms with van der Waals surface area (Å²) in [4.78, 5) is 34.4. The smallest absolute Gasteiger partial charge is 0.290 e. The Morgan fingerprint density at radius 1 is 0.727 bits per heavy atom. The molecule has 0 saturated carbocycles. The molecule has 33 heavy (non-hydrogen) atoms. The van der Waals surface area contributed by atoms with Crippen LogP contribution in [0.3, 0.4) is 0 Å². The van der Waals surface area contributed by atoms with E-state index in [0.717, 1.165) is 37.7 Å². The highest BCUT2D eigenvalue weighted by Crippen LogP contribution is 2.36. The van der Waals surface area contributed by atoms with Gasteiger partial charge in [0, 0.05) is 12.4 Å². The van der Waals surface area contributed by atoms with Gasteiger partial charge in [-0.05, 0) is 34.7 Å². The molecule has 158 valence electrons. The van der Waals surface area contributed by atoms with Crippen LogP contribution in [0.4, 0.5) is 0 Å². The minimum absolute atomic E-state index is 0.157. The normalized spacial score (nSPS) is 11.4. The molecule has 0 atom stereocenters. The first-order valence-electron chi connectivity index (χ1n) is 10.6. The van der Waals surface area contributed by atoms with Crippen molar-refractivity contribution in [2.45, 2.75) is 0 Å². The zero-order chi connectivity index (χ0) is 22.5. The van der Waals surface area contributed by atoms with Crippen LogP contribution in [0.15, 0.2) is 101 Å². The summed E-state index contributed by atoms with van der Waals surface area (Å²) in [5.74, 6) is 0.247. The van der Waals surface area contributed by atoms with Gasteiger partial charge in [0.05, 0.1) is 16.7 Å². The molecule has 2 aliphatic heterocycles. The fraction of sp³-hybridized carbons (Fsp3) is 0.0370. The predicted octanol–water partition coefficient (Wildman–Crippen LogP) is 4.40. The molecule has 0 N–H and O–H groups in total. The van der Waals surface area contributed by atoms with E-state index in [4.69, 9.17) is 0 Å². The number of nitrogens with zero attached hydrogens (tertiary/aromatic N) is 4. The first-order valence-corrected chi connectivity index (χ1v) is 10.6. The van der Waals surface area contributed by atoms with E-state index in [-0.39, 0.29) is 11.5 Å². The van der Waals surface area contributed by atoms with E-state index < -0.39 is 11.2 Å². The number of para-hydroxylation sites is 2. The number of fused-ring (bicyclic) bond motifs is 3. The SMILES string of the molecule is Cn1c(=O)nc2n(-c3cccc4cccc(-c5ccccc5)c34)c3ccccc3nc-2c1=O. The highest BCUT2D eigenvalue weighted by molar-refractivity contribution is 6.03. The van der Waals surface area contributed by atoms with Crippen molar-refractivity contribution in [1.82, 2.24) is 19.1 Å². The monoisotopic (exact) mass is 430 g/mol. The van der Waals surface area contributed by atoms with Crippen molar-refractivity contribution in [2.24, 2.45) is 7.05 Å². The van der Waals surface area contributed by atoms with Crippen molar-refractivity contribution >= 4 is 21.8 Å². The summed E-state index contributed by atoms with van der Waals surface area (Å²) < 4.78 is 2.88. The Bertz CT molecular complexity index is 1760. The van der Waals surface area contributed by atoms with E-state index in [9.17, 15) is 9.59 Å². The number of hydrogen-bond acceptors (Lipinski definition) is 4. The molecule has 4 aromatic rings. The molecule has 2 aliphatic rings. The van der Waals surface area contributed by atoms with E-state index in [2.05, 4.69) is 40.3 Å². The topological polar surface area (TPSA) is 69.8 Å². The van der Waals surface area contributed by atoms with Crippen LogP contribution < -0.4 is 11.2 Å². The molecular formula is C27H18N4O2. The summed E-state index contributed by atoms with van der Waals surface area (Å²) in [5.41, 5.74) is 3.46. The van der Waals surface area contributed by atoms with Gasteiger partial charge in [-0.2, -0.15) is 4.98 Å². The molecule has 6 rings (SSSR count). The van der Waals surface area contributed by atoms with Crippen molar-refractivity contribution in [3.63, 3.8) is 0 Å². The van der Waals surface area contributed by atoms with Gasteiger partial charge >= 0.3 is 5.69 Å². The molecule has 0 saturated heterocycles. The fourth-order valence-electron chi connectivity index (χ4n) is 4.41. The summed E-state index contributed by atoms with van der Waals surface area (Å²) >= 11 is 0. The van der Waals surface area contributed by atoms with Crippen molar-refractivity contribution in [1.29, 1.82) is 0 Å². The maximum atomic E-state index is 13.0. The Hall–Kier alpha value is -4.58. The zero-order valence-corrected chi connectivity index (χ0v) is 17.8. The van der Waals surface area contributed by atoms with E-state index in [0.29, 0.717) is 5.52 Å². The second-order valence-corrected chi connectivity index (χ2v) is 7.91. The van der Waals surface area contributed by atoms with Gasteiger partial charge in [0.25, 0.3) is 5.56 Å². The van der Waals surface area contributed by atoms with Gasteiger partial charge in [0.15, 0.2) is 11.5 Å². The van der Waals surface area contributed by atoms with Crippen molar-refractivity contribution in [2.75, 3.05) is 0 Å². The molecule has 0 fully saturated rings. The molecular weight excluding hydrogens is 412 g/mol. The molecule has 0 unspecified atom stereocenters. The summed E-state index contributed by atoms with van der Waals surface area (Å²) in [5, 5.41) is 2.05. The van der Waals surface area contributed by atoms with Gasteiger partial charge in [-0.1, -0.05) is 72.8 Å². The summed E-state index contributed by atoms with van der Waals surface area (Å²) in [6.45, 7) is 0. The van der Waals surface area contributed by atoms with Gasteiger partial charge < -0.3 is 0 Å². The molecule has 4 aromatic carbocycles. The lowest BCUT2D eigenvalue weighted by atomic mass is 9.96. The summed E-state index contributed by atoms with van der Waals surface area (Å²) in [6.07, 6.45) is 0. The van der Waals surface area contributed by atoms with Crippen LogP contribution in [0.1, 0.15) is 0 Å². The maximum absolute atomic E-state index is 13.0. The minimum Gasteiger partial charge on any atom is -0.290 e. The number of rotatable bonds is 2. The van der Waals surface area contributed by atoms with E-state index in [1.807, 2.05) is 65.2 Å². The Morgan fingerprint density at radius 2 is 1.45 bits per heavy atom. The van der Waals surface area contributed by atoms with Crippen LogP contribution in [-0.4, -0.2) is 19.1 Å². The fourth-order valence-corrected chi connectivity index (χ4v) is 4.41. The summed E-state index contributed by atoms with van der Waals surface area (Å²) in [7, 11) is 1.42. The average Bonchev–Trinajstić information content (AvgIpc) is 2.86. The third-order valence-corrected chi connectivity index (χ3v) is 5.98. The Kier molecular flexibility index (Phi) is 4.20. The Labute approximate surface area is 188 Å². The standard InChI is InChI=1S/C27H18N4O2/c1-30-26(32)24-25(29-27(30)33)31(21-15-6-5-14-20(21)28-24)22-16-8-12-18-11-7-13-19(23(18)22)17-9-3-2-4-10-17/h2-16H,1H3. The van der Waals surface area contributed by atoms with Gasteiger partial charge in [-0.3, -0.25) is 13.9 Å². The van der Waals surface area contributed by atoms with Crippen LogP contribution in [0, 0.1) is 0 Å². The van der Waals surface area contributed by atoms with Crippen LogP contribution in [0.25, 0.3) is 50.1 Å².